The molecule has 0 spiro atoms. The molecule has 200 valence electrons. The van der Waals surface area contributed by atoms with Gasteiger partial charge in [-0.2, -0.15) is 13.2 Å². The molecular weight excluding hydrogens is 455 g/mol. The Bertz CT molecular complexity index is 600. The highest BCUT2D eigenvalue weighted by molar-refractivity contribution is 5.91. The second-order valence-corrected chi connectivity index (χ2v) is 8.59. The van der Waals surface area contributed by atoms with Gasteiger partial charge in [0.15, 0.2) is 0 Å². The largest absolute Gasteiger partial charge is 0.411 e. The zero-order valence-electron chi connectivity index (χ0n) is 20.8. The average Bonchev–Trinajstić information content (AvgIpc) is 2.75. The van der Waals surface area contributed by atoms with Gasteiger partial charge in [0.2, 0.25) is 17.7 Å². The highest BCUT2D eigenvalue weighted by Gasteiger charge is 2.28. The molecule has 0 aromatic rings. The lowest BCUT2D eigenvalue weighted by atomic mass is 10.0. The first kappa shape index (κ1) is 32.1. The maximum absolute atomic E-state index is 12.6. The monoisotopic (exact) mass is 497 g/mol. The molecule has 5 N–H and O–H groups in total. The van der Waals surface area contributed by atoms with Gasteiger partial charge in [-0.1, -0.05) is 27.7 Å². The van der Waals surface area contributed by atoms with Crippen molar-refractivity contribution >= 4 is 17.7 Å². The average molecular weight is 498 g/mol. The maximum Gasteiger partial charge on any atom is 0.411 e. The Hall–Kier alpha value is -1.92. The van der Waals surface area contributed by atoms with Gasteiger partial charge in [-0.05, 0) is 57.7 Å². The number of carbonyl (C=O) groups is 3. The van der Waals surface area contributed by atoms with Gasteiger partial charge in [-0.25, -0.2) is 0 Å². The molecule has 34 heavy (non-hydrogen) atoms. The third kappa shape index (κ3) is 15.8. The molecule has 0 aromatic heterocycles. The van der Waals surface area contributed by atoms with Crippen LogP contribution in [0, 0.1) is 5.92 Å². The minimum Gasteiger partial charge on any atom is -0.352 e. The summed E-state index contributed by atoms with van der Waals surface area (Å²) in [6, 6.07) is -1.66. The van der Waals surface area contributed by atoms with E-state index < -0.39 is 55.9 Å². The van der Waals surface area contributed by atoms with Crippen LogP contribution in [0.3, 0.4) is 0 Å². The Labute approximate surface area is 200 Å². The number of rotatable bonds is 18. The number of halogens is 3. The number of unbranched alkanes of at least 4 members (excludes halogenated alkanes) is 1. The van der Waals surface area contributed by atoms with E-state index in [4.69, 9.17) is 5.73 Å². The molecule has 0 heterocycles. The maximum atomic E-state index is 12.6. The highest BCUT2D eigenvalue weighted by atomic mass is 19.4. The lowest BCUT2D eigenvalue weighted by Crippen LogP contribution is -2.53. The van der Waals surface area contributed by atoms with E-state index in [1.165, 1.54) is 0 Å². The number of ether oxygens (including phenoxy) is 1. The summed E-state index contributed by atoms with van der Waals surface area (Å²) in [4.78, 5) is 39.2. The van der Waals surface area contributed by atoms with Crippen molar-refractivity contribution in [2.75, 3.05) is 39.5 Å². The Balaban J connectivity index is 4.73. The zero-order valence-corrected chi connectivity index (χ0v) is 20.8. The van der Waals surface area contributed by atoms with E-state index in [1.807, 2.05) is 0 Å². The van der Waals surface area contributed by atoms with Crippen LogP contribution in [0.4, 0.5) is 13.2 Å². The minimum atomic E-state index is -4.49. The van der Waals surface area contributed by atoms with E-state index in [1.54, 1.807) is 13.8 Å². The molecule has 0 rings (SSSR count). The Morgan fingerprint density at radius 1 is 0.971 bits per heavy atom. The number of nitrogens with two attached hydrogens (primary N) is 1. The number of carbonyl (C=O) groups excluding carboxylic acids is 3. The van der Waals surface area contributed by atoms with Gasteiger partial charge in [0, 0.05) is 0 Å². The summed E-state index contributed by atoms with van der Waals surface area (Å²) in [5.74, 6) is -1.86. The van der Waals surface area contributed by atoms with Crippen LogP contribution in [0.5, 0.6) is 0 Å². The van der Waals surface area contributed by atoms with Crippen molar-refractivity contribution in [2.45, 2.75) is 78.1 Å². The Morgan fingerprint density at radius 2 is 1.59 bits per heavy atom. The summed E-state index contributed by atoms with van der Waals surface area (Å²) in [6.45, 7) is 8.12. The molecule has 3 amide bonds. The summed E-state index contributed by atoms with van der Waals surface area (Å²) >= 11 is 0. The number of hydrogen-bond acceptors (Lipinski definition) is 6. The molecule has 9 nitrogen and oxygen atoms in total. The van der Waals surface area contributed by atoms with E-state index in [0.29, 0.717) is 12.8 Å². The van der Waals surface area contributed by atoms with E-state index in [2.05, 4.69) is 39.4 Å². The molecule has 0 aliphatic heterocycles. The minimum absolute atomic E-state index is 0.122. The summed E-state index contributed by atoms with van der Waals surface area (Å²) in [6.07, 6.45) is -0.505. The SMILES string of the molecule is CCCN(CCC)CCCC[C@H](NC(=O)[C@@H](N)C(C)C)C(=O)NCC(=O)NCOCC(F)(F)F. The second kappa shape index (κ2) is 17.5. The van der Waals surface area contributed by atoms with Gasteiger partial charge in [0.05, 0.1) is 12.6 Å². The zero-order chi connectivity index (χ0) is 26.1. The molecule has 0 aliphatic carbocycles. The first-order valence-electron chi connectivity index (χ1n) is 11.9. The van der Waals surface area contributed by atoms with Crippen LogP contribution >= 0.6 is 0 Å². The predicted molar refractivity (Wildman–Crippen MR) is 124 cm³/mol. The van der Waals surface area contributed by atoms with Gasteiger partial charge >= 0.3 is 6.18 Å². The van der Waals surface area contributed by atoms with Crippen LogP contribution in [0.2, 0.25) is 0 Å². The number of nitrogens with one attached hydrogen (secondary N) is 3. The molecule has 0 saturated carbocycles. The summed E-state index contributed by atoms with van der Waals surface area (Å²) in [5, 5.41) is 7.19. The van der Waals surface area contributed by atoms with Crippen LogP contribution in [0.25, 0.3) is 0 Å². The number of alkyl halides is 3. The standard InChI is InChI=1S/C22H42F3N5O4/c1-5-10-30(11-6-2)12-8-7-9-17(29-21(33)19(26)16(3)4)20(32)27-13-18(31)28-15-34-14-22(23,24)25/h16-17,19H,5-15,26H2,1-4H3,(H,27,32)(H,28,31)(H,29,33)/t17-,19-/m0/s1. The molecule has 0 saturated heterocycles. The van der Waals surface area contributed by atoms with E-state index >= 15 is 0 Å². The smallest absolute Gasteiger partial charge is 0.352 e. The van der Waals surface area contributed by atoms with Crippen molar-refractivity contribution in [3.63, 3.8) is 0 Å². The van der Waals surface area contributed by atoms with Crippen LogP contribution in [0.15, 0.2) is 0 Å². The Kier molecular flexibility index (Phi) is 16.5. The van der Waals surface area contributed by atoms with Gasteiger partial charge in [-0.3, -0.25) is 14.4 Å². The molecule has 0 unspecified atom stereocenters. The predicted octanol–water partition coefficient (Wildman–Crippen LogP) is 1.52. The van der Waals surface area contributed by atoms with Crippen LogP contribution in [-0.4, -0.2) is 80.4 Å². The molecule has 0 bridgehead atoms. The molecule has 0 fully saturated rings. The second-order valence-electron chi connectivity index (χ2n) is 8.59. The van der Waals surface area contributed by atoms with Crippen LogP contribution in [-0.2, 0) is 19.1 Å². The van der Waals surface area contributed by atoms with E-state index in [9.17, 15) is 27.6 Å². The molecule has 0 radical (unpaired) electrons. The number of hydrogen-bond donors (Lipinski definition) is 4. The van der Waals surface area contributed by atoms with Crippen molar-refractivity contribution in [3.05, 3.63) is 0 Å². The van der Waals surface area contributed by atoms with Crippen LogP contribution < -0.4 is 21.7 Å². The van der Waals surface area contributed by atoms with Crippen molar-refractivity contribution < 1.29 is 32.3 Å². The molecule has 2 atom stereocenters. The molecule has 0 aliphatic rings. The lowest BCUT2D eigenvalue weighted by Gasteiger charge is -2.23. The van der Waals surface area contributed by atoms with Crippen molar-refractivity contribution in [1.29, 1.82) is 0 Å². The quantitative estimate of drug-likeness (QED) is 0.168. The lowest BCUT2D eigenvalue weighted by molar-refractivity contribution is -0.176. The fourth-order valence-electron chi connectivity index (χ4n) is 3.14. The van der Waals surface area contributed by atoms with Crippen molar-refractivity contribution in [3.8, 4) is 0 Å². The molecule has 12 heteroatoms. The van der Waals surface area contributed by atoms with E-state index in [-0.39, 0.29) is 5.92 Å². The van der Waals surface area contributed by atoms with Crippen molar-refractivity contribution in [2.24, 2.45) is 11.7 Å². The third-order valence-electron chi connectivity index (χ3n) is 5.01. The van der Waals surface area contributed by atoms with Crippen molar-refractivity contribution in [1.82, 2.24) is 20.9 Å². The van der Waals surface area contributed by atoms with Gasteiger partial charge in [0.1, 0.15) is 19.4 Å². The fourth-order valence-corrected chi connectivity index (χ4v) is 3.14. The molecule has 0 aromatic carbocycles. The molecular formula is C22H42F3N5O4. The topological polar surface area (TPSA) is 126 Å². The number of amides is 3. The fraction of sp³-hybridized carbons (Fsp3) is 0.864. The highest BCUT2D eigenvalue weighted by Crippen LogP contribution is 2.13. The Morgan fingerprint density at radius 3 is 2.12 bits per heavy atom. The van der Waals surface area contributed by atoms with Crippen LogP contribution in [0.1, 0.15) is 59.8 Å². The van der Waals surface area contributed by atoms with E-state index in [0.717, 1.165) is 38.9 Å². The summed E-state index contributed by atoms with van der Waals surface area (Å²) in [5.41, 5.74) is 5.88. The normalized spacial score (nSPS) is 13.6. The first-order valence-corrected chi connectivity index (χ1v) is 11.9. The van der Waals surface area contributed by atoms with Gasteiger partial charge < -0.3 is 31.3 Å². The first-order chi connectivity index (χ1) is 15.9. The van der Waals surface area contributed by atoms with Gasteiger partial charge in [0.25, 0.3) is 0 Å². The summed E-state index contributed by atoms with van der Waals surface area (Å²) in [7, 11) is 0. The third-order valence-corrected chi connectivity index (χ3v) is 5.01. The van der Waals surface area contributed by atoms with Gasteiger partial charge in [-0.15, -0.1) is 0 Å². The summed E-state index contributed by atoms with van der Waals surface area (Å²) < 4.78 is 40.4. The number of nitrogens with zero attached hydrogens (tertiary/aromatic N) is 1.